The summed E-state index contributed by atoms with van der Waals surface area (Å²) >= 11 is 0. The number of carbonyl (C=O) groups excluding carboxylic acids is 1. The number of allylic oxidation sites excluding steroid dienone is 2. The summed E-state index contributed by atoms with van der Waals surface area (Å²) in [5.41, 5.74) is 5.81. The minimum Gasteiger partial charge on any atom is -0.396 e. The Labute approximate surface area is 145 Å². The number of carbonyl (C=O) groups is 1. The van der Waals surface area contributed by atoms with Gasteiger partial charge in [0.2, 0.25) is 0 Å². The summed E-state index contributed by atoms with van der Waals surface area (Å²) in [6.07, 6.45) is 25.8. The van der Waals surface area contributed by atoms with E-state index in [1.807, 2.05) is 6.08 Å². The maximum absolute atomic E-state index is 10.3. The average Bonchev–Trinajstić information content (AvgIpc) is 2.57. The van der Waals surface area contributed by atoms with E-state index in [2.05, 4.69) is 6.92 Å². The molecule has 0 aromatic carbocycles. The zero-order valence-electron chi connectivity index (χ0n) is 15.7. The topological polar surface area (TPSA) is 43.1 Å². The van der Waals surface area contributed by atoms with Gasteiger partial charge in [0.05, 0.1) is 5.70 Å². The fraction of sp³-hybridized carbons (Fsp3) is 0.857. The van der Waals surface area contributed by atoms with Crippen LogP contribution in [0.2, 0.25) is 0 Å². The summed E-state index contributed by atoms with van der Waals surface area (Å²) in [5.74, 6) is 0. The molecule has 23 heavy (non-hydrogen) atoms. The lowest BCUT2D eigenvalue weighted by atomic mass is 10.0. The van der Waals surface area contributed by atoms with E-state index in [1.54, 1.807) is 0 Å². The van der Waals surface area contributed by atoms with Gasteiger partial charge in [-0.25, -0.2) is 0 Å². The maximum atomic E-state index is 10.3. The van der Waals surface area contributed by atoms with E-state index in [1.165, 1.54) is 96.3 Å². The highest BCUT2D eigenvalue weighted by Crippen LogP contribution is 2.14. The molecule has 2 nitrogen and oxygen atoms in total. The molecular weight excluding hydrogens is 282 g/mol. The molecule has 0 atom stereocenters. The Kier molecular flexibility index (Phi) is 18.6. The van der Waals surface area contributed by atoms with Gasteiger partial charge in [0.25, 0.3) is 0 Å². The van der Waals surface area contributed by atoms with Crippen molar-refractivity contribution in [2.24, 2.45) is 5.73 Å². The number of rotatable bonds is 18. The molecule has 0 saturated carbocycles. The highest BCUT2D eigenvalue weighted by molar-refractivity contribution is 5.71. The van der Waals surface area contributed by atoms with Crippen LogP contribution in [0.15, 0.2) is 11.8 Å². The molecule has 0 saturated heterocycles. The number of nitrogens with two attached hydrogens (primary N) is 1. The van der Waals surface area contributed by atoms with Gasteiger partial charge < -0.3 is 5.73 Å². The molecule has 0 radical (unpaired) electrons. The van der Waals surface area contributed by atoms with Gasteiger partial charge in [-0.3, -0.25) is 4.79 Å². The smallest absolute Gasteiger partial charge is 0.165 e. The Bertz CT molecular complexity index is 273. The zero-order chi connectivity index (χ0) is 17.0. The van der Waals surface area contributed by atoms with E-state index in [0.717, 1.165) is 19.1 Å². The summed E-state index contributed by atoms with van der Waals surface area (Å²) in [6.45, 7) is 2.28. The quantitative estimate of drug-likeness (QED) is 0.174. The van der Waals surface area contributed by atoms with Crippen molar-refractivity contribution in [3.63, 3.8) is 0 Å². The second kappa shape index (κ2) is 19.3. The van der Waals surface area contributed by atoms with Crippen molar-refractivity contribution >= 4 is 6.29 Å². The third-order valence-electron chi connectivity index (χ3n) is 4.57. The van der Waals surface area contributed by atoms with Gasteiger partial charge in [0.1, 0.15) is 0 Å². The Morgan fingerprint density at radius 1 is 0.652 bits per heavy atom. The van der Waals surface area contributed by atoms with Crippen LogP contribution in [-0.2, 0) is 4.79 Å². The number of aldehydes is 1. The van der Waals surface area contributed by atoms with Gasteiger partial charge in [-0.1, -0.05) is 109 Å². The SMILES string of the molecule is CCCCCCCCCCCCCCCCCCC=C(N)C=O. The molecule has 0 aliphatic heterocycles. The van der Waals surface area contributed by atoms with E-state index in [-0.39, 0.29) is 0 Å². The Hall–Kier alpha value is -0.790. The summed E-state index contributed by atoms with van der Waals surface area (Å²) in [7, 11) is 0. The highest BCUT2D eigenvalue weighted by Gasteiger charge is 1.94. The first-order chi connectivity index (χ1) is 11.3. The predicted octanol–water partition coefficient (Wildman–Crippen LogP) is 6.68. The van der Waals surface area contributed by atoms with Crippen molar-refractivity contribution in [1.29, 1.82) is 0 Å². The lowest BCUT2D eigenvalue weighted by Crippen LogP contribution is -1.96. The standard InChI is InChI=1S/C21H41NO/c1-2-3-4-5-6-7-8-9-10-11-12-13-14-15-16-17-18-19-21(22)20-23/h19-20H,2-18,22H2,1H3. The monoisotopic (exact) mass is 323 g/mol. The molecular formula is C21H41NO. The minimum atomic E-state index is 0.381. The maximum Gasteiger partial charge on any atom is 0.165 e. The summed E-state index contributed by atoms with van der Waals surface area (Å²) in [6, 6.07) is 0. The van der Waals surface area contributed by atoms with Crippen molar-refractivity contribution in [3.05, 3.63) is 11.8 Å². The van der Waals surface area contributed by atoms with Crippen LogP contribution in [0.5, 0.6) is 0 Å². The molecule has 0 aromatic heterocycles. The molecule has 0 amide bonds. The van der Waals surface area contributed by atoms with Crippen LogP contribution in [-0.4, -0.2) is 6.29 Å². The van der Waals surface area contributed by atoms with Crippen molar-refractivity contribution in [2.75, 3.05) is 0 Å². The lowest BCUT2D eigenvalue weighted by Gasteiger charge is -2.03. The molecule has 0 spiro atoms. The third kappa shape index (κ3) is 19.2. The van der Waals surface area contributed by atoms with E-state index in [9.17, 15) is 4.79 Å². The van der Waals surface area contributed by atoms with Crippen LogP contribution in [0.1, 0.15) is 116 Å². The van der Waals surface area contributed by atoms with Crippen molar-refractivity contribution < 1.29 is 4.79 Å². The fourth-order valence-corrected chi connectivity index (χ4v) is 3.01. The molecule has 0 heterocycles. The van der Waals surface area contributed by atoms with Crippen molar-refractivity contribution in [2.45, 2.75) is 116 Å². The van der Waals surface area contributed by atoms with Gasteiger partial charge in [-0.15, -0.1) is 0 Å². The van der Waals surface area contributed by atoms with E-state index in [4.69, 9.17) is 5.73 Å². The number of hydrogen-bond acceptors (Lipinski definition) is 2. The number of hydrogen-bond donors (Lipinski definition) is 1. The Balaban J connectivity index is 3.04. The van der Waals surface area contributed by atoms with Crippen LogP contribution in [0.3, 0.4) is 0 Å². The highest BCUT2D eigenvalue weighted by atomic mass is 16.1. The average molecular weight is 324 g/mol. The molecule has 136 valence electrons. The molecule has 0 aliphatic carbocycles. The zero-order valence-corrected chi connectivity index (χ0v) is 15.7. The predicted molar refractivity (Wildman–Crippen MR) is 102 cm³/mol. The second-order valence-corrected chi connectivity index (χ2v) is 6.91. The van der Waals surface area contributed by atoms with Crippen molar-refractivity contribution in [1.82, 2.24) is 0 Å². The lowest BCUT2D eigenvalue weighted by molar-refractivity contribution is -0.105. The van der Waals surface area contributed by atoms with Gasteiger partial charge >= 0.3 is 0 Å². The third-order valence-corrected chi connectivity index (χ3v) is 4.57. The van der Waals surface area contributed by atoms with E-state index in [0.29, 0.717) is 5.70 Å². The molecule has 0 fully saturated rings. The van der Waals surface area contributed by atoms with Crippen LogP contribution >= 0.6 is 0 Å². The van der Waals surface area contributed by atoms with E-state index >= 15 is 0 Å². The summed E-state index contributed by atoms with van der Waals surface area (Å²) in [4.78, 5) is 10.3. The molecule has 0 unspecified atom stereocenters. The number of unbranched alkanes of at least 4 members (excludes halogenated alkanes) is 16. The molecule has 0 aromatic rings. The molecule has 2 heteroatoms. The molecule has 0 aliphatic rings. The first kappa shape index (κ1) is 22.2. The fourth-order valence-electron chi connectivity index (χ4n) is 3.01. The normalized spacial score (nSPS) is 11.8. The first-order valence-electron chi connectivity index (χ1n) is 10.2. The first-order valence-corrected chi connectivity index (χ1v) is 10.2. The van der Waals surface area contributed by atoms with Gasteiger partial charge in [0.15, 0.2) is 6.29 Å². The van der Waals surface area contributed by atoms with Gasteiger partial charge in [-0.05, 0) is 12.8 Å². The minimum absolute atomic E-state index is 0.381. The van der Waals surface area contributed by atoms with Crippen LogP contribution in [0.25, 0.3) is 0 Å². The Morgan fingerprint density at radius 2 is 1.00 bits per heavy atom. The largest absolute Gasteiger partial charge is 0.396 e. The van der Waals surface area contributed by atoms with Crippen LogP contribution in [0.4, 0.5) is 0 Å². The molecule has 2 N–H and O–H groups in total. The van der Waals surface area contributed by atoms with E-state index < -0.39 is 0 Å². The van der Waals surface area contributed by atoms with Crippen molar-refractivity contribution in [3.8, 4) is 0 Å². The van der Waals surface area contributed by atoms with Crippen LogP contribution in [0, 0.1) is 0 Å². The Morgan fingerprint density at radius 3 is 1.35 bits per heavy atom. The second-order valence-electron chi connectivity index (χ2n) is 6.91. The van der Waals surface area contributed by atoms with Gasteiger partial charge in [-0.2, -0.15) is 0 Å². The molecule has 0 rings (SSSR count). The summed E-state index contributed by atoms with van der Waals surface area (Å²) in [5, 5.41) is 0. The summed E-state index contributed by atoms with van der Waals surface area (Å²) < 4.78 is 0. The molecule has 0 bridgehead atoms. The van der Waals surface area contributed by atoms with Gasteiger partial charge in [0, 0.05) is 0 Å². The van der Waals surface area contributed by atoms with Crippen LogP contribution < -0.4 is 5.73 Å².